The van der Waals surface area contributed by atoms with Gasteiger partial charge in [-0.3, -0.25) is 0 Å². The molecule has 0 fully saturated rings. The molecule has 0 aromatic heterocycles. The summed E-state index contributed by atoms with van der Waals surface area (Å²) >= 11 is 0. The summed E-state index contributed by atoms with van der Waals surface area (Å²) < 4.78 is 0. The number of rotatable bonds is 3. The minimum atomic E-state index is -0.514. The van der Waals surface area contributed by atoms with E-state index in [2.05, 4.69) is 0 Å². The van der Waals surface area contributed by atoms with E-state index in [1.807, 2.05) is 42.5 Å². The van der Waals surface area contributed by atoms with E-state index in [1.165, 1.54) is 0 Å². The van der Waals surface area contributed by atoms with Crippen LogP contribution in [-0.2, 0) is 0 Å². The molecule has 0 bridgehead atoms. The van der Waals surface area contributed by atoms with E-state index < -0.39 is 5.92 Å². The fourth-order valence-corrected chi connectivity index (χ4v) is 5.16. The van der Waals surface area contributed by atoms with Crippen molar-refractivity contribution in [2.24, 2.45) is 0 Å². The summed E-state index contributed by atoms with van der Waals surface area (Å²) in [5.74, 6) is -0.233. The van der Waals surface area contributed by atoms with Gasteiger partial charge < -0.3 is 20.4 Å². The third-order valence-electron chi connectivity index (χ3n) is 6.84. The fraction of sp³-hybridized carbons (Fsp3) is 0.0323. The molecular formula is C31H22O4. The van der Waals surface area contributed by atoms with Crippen molar-refractivity contribution in [2.45, 2.75) is 5.92 Å². The first-order chi connectivity index (χ1) is 17.0. The summed E-state index contributed by atoms with van der Waals surface area (Å²) in [5, 5.41) is 47.8. The Balaban J connectivity index is 1.71. The van der Waals surface area contributed by atoms with E-state index in [4.69, 9.17) is 0 Å². The van der Waals surface area contributed by atoms with Gasteiger partial charge >= 0.3 is 0 Å². The molecule has 0 amide bonds. The van der Waals surface area contributed by atoms with Gasteiger partial charge in [0.25, 0.3) is 0 Å². The molecule has 0 unspecified atom stereocenters. The second-order valence-electron chi connectivity index (χ2n) is 8.75. The van der Waals surface area contributed by atoms with Crippen LogP contribution in [-0.4, -0.2) is 20.4 Å². The molecule has 0 saturated carbocycles. The Morgan fingerprint density at radius 1 is 0.371 bits per heavy atom. The smallest absolute Gasteiger partial charge is 0.127 e. The Morgan fingerprint density at radius 3 is 1.46 bits per heavy atom. The van der Waals surface area contributed by atoms with Crippen molar-refractivity contribution in [2.75, 3.05) is 0 Å². The number of aromatic hydroxyl groups is 4. The van der Waals surface area contributed by atoms with Crippen LogP contribution in [0.5, 0.6) is 23.0 Å². The topological polar surface area (TPSA) is 80.9 Å². The maximum Gasteiger partial charge on any atom is 0.127 e. The summed E-state index contributed by atoms with van der Waals surface area (Å²) in [6.07, 6.45) is 0. The SMILES string of the molecule is Oc1cccc2c(O)c(C(c3ccc4c(O)cccc4c3O)c3cccc4ccccc34)ccc12. The van der Waals surface area contributed by atoms with Crippen LogP contribution in [0.25, 0.3) is 32.3 Å². The molecule has 4 N–H and O–H groups in total. The molecule has 0 heterocycles. The minimum absolute atomic E-state index is 0.0479. The maximum atomic E-state index is 11.5. The first-order valence-electron chi connectivity index (χ1n) is 11.4. The van der Waals surface area contributed by atoms with E-state index in [9.17, 15) is 20.4 Å². The molecule has 170 valence electrons. The average molecular weight is 459 g/mol. The van der Waals surface area contributed by atoms with Gasteiger partial charge in [0.05, 0.1) is 0 Å². The number of phenolic OH excluding ortho intramolecular Hbond substituents is 4. The Kier molecular flexibility index (Phi) is 4.75. The molecule has 4 heteroatoms. The van der Waals surface area contributed by atoms with Gasteiger partial charge in [0.1, 0.15) is 23.0 Å². The fourth-order valence-electron chi connectivity index (χ4n) is 5.16. The molecule has 0 aliphatic carbocycles. The molecule has 0 aliphatic rings. The van der Waals surface area contributed by atoms with E-state index in [0.29, 0.717) is 32.7 Å². The number of phenols is 4. The highest BCUT2D eigenvalue weighted by Crippen LogP contribution is 2.47. The largest absolute Gasteiger partial charge is 0.507 e. The molecular weight excluding hydrogens is 436 g/mol. The van der Waals surface area contributed by atoms with Crippen LogP contribution in [0.15, 0.2) is 103 Å². The molecule has 0 aliphatic heterocycles. The van der Waals surface area contributed by atoms with E-state index in [1.54, 1.807) is 60.7 Å². The van der Waals surface area contributed by atoms with Gasteiger partial charge in [0, 0.05) is 38.6 Å². The van der Waals surface area contributed by atoms with Gasteiger partial charge in [-0.1, -0.05) is 91.0 Å². The number of hydrogen-bond acceptors (Lipinski definition) is 4. The summed E-state index contributed by atoms with van der Waals surface area (Å²) in [4.78, 5) is 0. The molecule has 35 heavy (non-hydrogen) atoms. The van der Waals surface area contributed by atoms with E-state index in [-0.39, 0.29) is 23.0 Å². The van der Waals surface area contributed by atoms with Gasteiger partial charge in [-0.05, 0) is 28.5 Å². The van der Waals surface area contributed by atoms with Gasteiger partial charge in [-0.25, -0.2) is 0 Å². The van der Waals surface area contributed by atoms with Crippen LogP contribution in [0.3, 0.4) is 0 Å². The average Bonchev–Trinajstić information content (AvgIpc) is 2.88. The predicted molar refractivity (Wildman–Crippen MR) is 139 cm³/mol. The lowest BCUT2D eigenvalue weighted by Gasteiger charge is -2.24. The lowest BCUT2D eigenvalue weighted by atomic mass is 9.80. The van der Waals surface area contributed by atoms with Crippen molar-refractivity contribution in [1.82, 2.24) is 0 Å². The Bertz CT molecular complexity index is 1660. The van der Waals surface area contributed by atoms with Crippen LogP contribution in [0.4, 0.5) is 0 Å². The number of hydrogen-bond donors (Lipinski definition) is 4. The predicted octanol–water partition coefficient (Wildman–Crippen LogP) is 7.15. The molecule has 6 rings (SSSR count). The summed E-state index contributed by atoms with van der Waals surface area (Å²) in [7, 11) is 0. The Morgan fingerprint density at radius 2 is 0.857 bits per heavy atom. The van der Waals surface area contributed by atoms with Gasteiger partial charge in [-0.15, -0.1) is 0 Å². The highest BCUT2D eigenvalue weighted by atomic mass is 16.3. The van der Waals surface area contributed by atoms with Crippen molar-refractivity contribution < 1.29 is 20.4 Å². The lowest BCUT2D eigenvalue weighted by molar-refractivity contribution is 0.463. The third-order valence-corrected chi connectivity index (χ3v) is 6.84. The summed E-state index contributed by atoms with van der Waals surface area (Å²) in [6, 6.07) is 31.3. The van der Waals surface area contributed by atoms with Crippen molar-refractivity contribution in [3.05, 3.63) is 120 Å². The van der Waals surface area contributed by atoms with Gasteiger partial charge in [-0.2, -0.15) is 0 Å². The monoisotopic (exact) mass is 458 g/mol. The maximum absolute atomic E-state index is 11.5. The van der Waals surface area contributed by atoms with Crippen LogP contribution < -0.4 is 0 Å². The van der Waals surface area contributed by atoms with Crippen molar-refractivity contribution in [3.8, 4) is 23.0 Å². The van der Waals surface area contributed by atoms with Crippen molar-refractivity contribution in [1.29, 1.82) is 0 Å². The summed E-state index contributed by atoms with van der Waals surface area (Å²) in [5.41, 5.74) is 2.14. The Labute approximate surface area is 201 Å². The third kappa shape index (κ3) is 3.22. The molecule has 4 nitrogen and oxygen atoms in total. The number of fused-ring (bicyclic) bond motifs is 3. The molecule has 6 aromatic carbocycles. The van der Waals surface area contributed by atoms with Crippen molar-refractivity contribution >= 4 is 32.3 Å². The number of benzene rings is 6. The molecule has 0 saturated heterocycles. The van der Waals surface area contributed by atoms with Crippen LogP contribution in [0.1, 0.15) is 22.6 Å². The van der Waals surface area contributed by atoms with E-state index >= 15 is 0 Å². The normalized spacial score (nSPS) is 11.6. The standard InChI is InChI=1S/C31H22O4/c32-27-12-4-10-23-20(27)14-16-25(30(23)34)29(22-9-3-7-18-6-1-2-8-19(18)22)26-17-15-21-24(31(26)35)11-5-13-28(21)33/h1-17,29,32-35H. The summed E-state index contributed by atoms with van der Waals surface area (Å²) in [6.45, 7) is 0. The quantitative estimate of drug-likeness (QED) is 0.212. The minimum Gasteiger partial charge on any atom is -0.507 e. The molecule has 0 spiro atoms. The zero-order valence-electron chi connectivity index (χ0n) is 18.7. The zero-order valence-corrected chi connectivity index (χ0v) is 18.7. The van der Waals surface area contributed by atoms with Crippen LogP contribution in [0.2, 0.25) is 0 Å². The van der Waals surface area contributed by atoms with Gasteiger partial charge in [0.2, 0.25) is 0 Å². The lowest BCUT2D eigenvalue weighted by Crippen LogP contribution is -2.06. The van der Waals surface area contributed by atoms with Crippen LogP contribution in [0, 0.1) is 0 Å². The second-order valence-corrected chi connectivity index (χ2v) is 8.75. The van der Waals surface area contributed by atoms with Gasteiger partial charge in [0.15, 0.2) is 0 Å². The van der Waals surface area contributed by atoms with Crippen LogP contribution >= 0.6 is 0 Å². The zero-order chi connectivity index (χ0) is 24.1. The molecule has 0 atom stereocenters. The Hall–Kier alpha value is -4.70. The highest BCUT2D eigenvalue weighted by Gasteiger charge is 2.27. The first-order valence-corrected chi connectivity index (χ1v) is 11.4. The molecule has 6 aromatic rings. The molecule has 0 radical (unpaired) electrons. The highest BCUT2D eigenvalue weighted by molar-refractivity contribution is 5.97. The first kappa shape index (κ1) is 20.9. The second kappa shape index (κ2) is 7.96. The van der Waals surface area contributed by atoms with Crippen molar-refractivity contribution in [3.63, 3.8) is 0 Å². The van der Waals surface area contributed by atoms with E-state index in [0.717, 1.165) is 16.3 Å².